The van der Waals surface area contributed by atoms with E-state index in [1.54, 1.807) is 6.20 Å². The van der Waals surface area contributed by atoms with Crippen LogP contribution in [-0.4, -0.2) is 16.3 Å². The van der Waals surface area contributed by atoms with Crippen molar-refractivity contribution in [3.63, 3.8) is 0 Å². The standard InChI is InChI=1S/C16H21BrClN3/c1-4-9-19-15(12-5-7-13(17)8-6-12)16-14(18)10-20-21(16)11(2)3/h5-8,10-11,15,19H,4,9H2,1-3H3. The topological polar surface area (TPSA) is 29.9 Å². The van der Waals surface area contributed by atoms with Crippen LogP contribution >= 0.6 is 27.5 Å². The normalized spacial score (nSPS) is 12.9. The van der Waals surface area contributed by atoms with E-state index in [1.807, 2.05) is 4.68 Å². The van der Waals surface area contributed by atoms with Crippen LogP contribution in [0.5, 0.6) is 0 Å². The van der Waals surface area contributed by atoms with Gasteiger partial charge in [-0.05, 0) is 44.5 Å². The molecule has 3 nitrogen and oxygen atoms in total. The maximum Gasteiger partial charge on any atom is 0.0837 e. The molecule has 21 heavy (non-hydrogen) atoms. The molecule has 0 aliphatic heterocycles. The maximum atomic E-state index is 6.41. The first-order valence-corrected chi connectivity index (χ1v) is 8.43. The summed E-state index contributed by atoms with van der Waals surface area (Å²) in [5.74, 6) is 0. The Kier molecular flexibility index (Phi) is 5.85. The first-order valence-electron chi connectivity index (χ1n) is 7.26. The molecule has 0 radical (unpaired) electrons. The molecule has 0 saturated heterocycles. The van der Waals surface area contributed by atoms with E-state index in [4.69, 9.17) is 11.6 Å². The Hall–Kier alpha value is -0.840. The third-order valence-electron chi connectivity index (χ3n) is 3.35. The Bertz CT molecular complexity index is 578. The van der Waals surface area contributed by atoms with Crippen LogP contribution < -0.4 is 5.32 Å². The minimum Gasteiger partial charge on any atom is -0.305 e. The van der Waals surface area contributed by atoms with Gasteiger partial charge in [0.05, 0.1) is 23.0 Å². The van der Waals surface area contributed by atoms with Gasteiger partial charge in [0, 0.05) is 10.5 Å². The summed E-state index contributed by atoms with van der Waals surface area (Å²) in [6.45, 7) is 7.32. The van der Waals surface area contributed by atoms with Crippen molar-refractivity contribution in [2.45, 2.75) is 39.3 Å². The summed E-state index contributed by atoms with van der Waals surface area (Å²) in [6, 6.07) is 8.67. The summed E-state index contributed by atoms with van der Waals surface area (Å²) in [5, 5.41) is 8.71. The molecule has 114 valence electrons. The molecule has 1 unspecified atom stereocenters. The maximum absolute atomic E-state index is 6.41. The second kappa shape index (κ2) is 7.43. The number of benzene rings is 1. The average molecular weight is 371 g/mol. The van der Waals surface area contributed by atoms with Crippen molar-refractivity contribution < 1.29 is 0 Å². The highest BCUT2D eigenvalue weighted by atomic mass is 79.9. The first kappa shape index (κ1) is 16.5. The van der Waals surface area contributed by atoms with Crippen molar-refractivity contribution in [1.29, 1.82) is 0 Å². The number of rotatable bonds is 6. The summed E-state index contributed by atoms with van der Waals surface area (Å²) in [5.41, 5.74) is 2.22. The zero-order valence-electron chi connectivity index (χ0n) is 12.6. The number of halogens is 2. The smallest absolute Gasteiger partial charge is 0.0837 e. The van der Waals surface area contributed by atoms with E-state index >= 15 is 0 Å². The van der Waals surface area contributed by atoms with Crippen molar-refractivity contribution in [2.24, 2.45) is 0 Å². The lowest BCUT2D eigenvalue weighted by Crippen LogP contribution is -2.26. The van der Waals surface area contributed by atoms with Crippen molar-refractivity contribution >= 4 is 27.5 Å². The van der Waals surface area contributed by atoms with Crippen molar-refractivity contribution in [3.05, 3.63) is 51.2 Å². The molecule has 2 rings (SSSR count). The summed E-state index contributed by atoms with van der Waals surface area (Å²) in [4.78, 5) is 0. The van der Waals surface area contributed by atoms with Crippen LogP contribution in [0.2, 0.25) is 5.02 Å². The molecule has 0 aliphatic carbocycles. The number of hydrogen-bond acceptors (Lipinski definition) is 2. The lowest BCUT2D eigenvalue weighted by Gasteiger charge is -2.22. The van der Waals surface area contributed by atoms with Gasteiger partial charge in [0.1, 0.15) is 0 Å². The van der Waals surface area contributed by atoms with Crippen LogP contribution in [0.4, 0.5) is 0 Å². The van der Waals surface area contributed by atoms with E-state index in [0.717, 1.165) is 23.1 Å². The van der Waals surface area contributed by atoms with Crippen LogP contribution in [0.3, 0.4) is 0 Å². The SMILES string of the molecule is CCCNC(c1ccc(Br)cc1)c1c(Cl)cnn1C(C)C. The lowest BCUT2D eigenvalue weighted by atomic mass is 10.0. The minimum absolute atomic E-state index is 0.0513. The van der Waals surface area contributed by atoms with Gasteiger partial charge < -0.3 is 5.32 Å². The zero-order chi connectivity index (χ0) is 15.4. The van der Waals surface area contributed by atoms with Gasteiger partial charge in [0.15, 0.2) is 0 Å². The molecule has 5 heteroatoms. The number of aromatic nitrogens is 2. The fraction of sp³-hybridized carbons (Fsp3) is 0.438. The molecule has 0 amide bonds. The van der Waals surface area contributed by atoms with Gasteiger partial charge in [-0.3, -0.25) is 4.68 Å². The molecule has 1 aromatic heterocycles. The minimum atomic E-state index is 0.0513. The predicted octanol–water partition coefficient (Wildman–Crippen LogP) is 4.97. The third-order valence-corrected chi connectivity index (χ3v) is 4.17. The van der Waals surface area contributed by atoms with Crippen LogP contribution in [0.25, 0.3) is 0 Å². The zero-order valence-corrected chi connectivity index (χ0v) is 14.9. The fourth-order valence-corrected chi connectivity index (χ4v) is 2.85. The lowest BCUT2D eigenvalue weighted by molar-refractivity contribution is 0.472. The van der Waals surface area contributed by atoms with E-state index < -0.39 is 0 Å². The fourth-order valence-electron chi connectivity index (χ4n) is 2.35. The number of hydrogen-bond donors (Lipinski definition) is 1. The van der Waals surface area contributed by atoms with Gasteiger partial charge in [-0.25, -0.2) is 0 Å². The predicted molar refractivity (Wildman–Crippen MR) is 91.9 cm³/mol. The van der Waals surface area contributed by atoms with Gasteiger partial charge in [-0.1, -0.05) is 46.6 Å². The molecule has 1 aromatic carbocycles. The average Bonchev–Trinajstić information content (AvgIpc) is 2.83. The molecule has 0 fully saturated rings. The second-order valence-electron chi connectivity index (χ2n) is 5.35. The van der Waals surface area contributed by atoms with E-state index in [2.05, 4.69) is 71.4 Å². The number of nitrogens with one attached hydrogen (secondary N) is 1. The highest BCUT2D eigenvalue weighted by molar-refractivity contribution is 9.10. The Morgan fingerprint density at radius 3 is 2.52 bits per heavy atom. The highest BCUT2D eigenvalue weighted by Crippen LogP contribution is 2.30. The Morgan fingerprint density at radius 2 is 1.95 bits per heavy atom. The number of nitrogens with zero attached hydrogens (tertiary/aromatic N) is 2. The summed E-state index contributed by atoms with van der Waals surface area (Å²) in [7, 11) is 0. The quantitative estimate of drug-likeness (QED) is 0.778. The van der Waals surface area contributed by atoms with Gasteiger partial charge in [-0.2, -0.15) is 5.10 Å². The molecule has 2 aromatic rings. The molecular formula is C16H21BrClN3. The van der Waals surface area contributed by atoms with Crippen LogP contribution in [0, 0.1) is 0 Å². The Balaban J connectivity index is 2.45. The van der Waals surface area contributed by atoms with Gasteiger partial charge >= 0.3 is 0 Å². The van der Waals surface area contributed by atoms with Crippen molar-refractivity contribution in [2.75, 3.05) is 6.54 Å². The Morgan fingerprint density at radius 1 is 1.29 bits per heavy atom. The van der Waals surface area contributed by atoms with Gasteiger partial charge in [0.25, 0.3) is 0 Å². The summed E-state index contributed by atoms with van der Waals surface area (Å²) in [6.07, 6.45) is 2.80. The van der Waals surface area contributed by atoms with Gasteiger partial charge in [-0.15, -0.1) is 0 Å². The van der Waals surface area contributed by atoms with Crippen molar-refractivity contribution in [1.82, 2.24) is 15.1 Å². The third kappa shape index (κ3) is 3.87. The van der Waals surface area contributed by atoms with E-state index in [-0.39, 0.29) is 12.1 Å². The van der Waals surface area contributed by atoms with E-state index in [9.17, 15) is 0 Å². The molecule has 1 N–H and O–H groups in total. The van der Waals surface area contributed by atoms with E-state index in [1.165, 1.54) is 5.56 Å². The largest absolute Gasteiger partial charge is 0.305 e. The molecule has 1 atom stereocenters. The van der Waals surface area contributed by atoms with Gasteiger partial charge in [0.2, 0.25) is 0 Å². The molecule has 0 saturated carbocycles. The van der Waals surface area contributed by atoms with Crippen LogP contribution in [0.1, 0.15) is 50.5 Å². The van der Waals surface area contributed by atoms with E-state index in [0.29, 0.717) is 5.02 Å². The van der Waals surface area contributed by atoms with Crippen LogP contribution in [0.15, 0.2) is 34.9 Å². The monoisotopic (exact) mass is 369 g/mol. The molecular weight excluding hydrogens is 350 g/mol. The van der Waals surface area contributed by atoms with Crippen LogP contribution in [-0.2, 0) is 0 Å². The van der Waals surface area contributed by atoms with Crippen molar-refractivity contribution in [3.8, 4) is 0 Å². The molecule has 0 aliphatic rings. The Labute approximate surface area is 139 Å². The summed E-state index contributed by atoms with van der Waals surface area (Å²) < 4.78 is 3.07. The molecule has 0 bridgehead atoms. The first-order chi connectivity index (χ1) is 10.0. The summed E-state index contributed by atoms with van der Waals surface area (Å²) >= 11 is 9.90. The molecule has 0 spiro atoms. The second-order valence-corrected chi connectivity index (χ2v) is 6.68. The highest BCUT2D eigenvalue weighted by Gasteiger charge is 2.22. The molecule has 1 heterocycles.